The van der Waals surface area contributed by atoms with Gasteiger partial charge >= 0.3 is 0 Å². The van der Waals surface area contributed by atoms with Crippen molar-refractivity contribution in [1.29, 1.82) is 0 Å². The maximum atomic E-state index is 5.98. The van der Waals surface area contributed by atoms with Gasteiger partial charge in [-0.3, -0.25) is 0 Å². The second kappa shape index (κ2) is 6.33. The van der Waals surface area contributed by atoms with E-state index in [1.54, 1.807) is 6.07 Å². The fourth-order valence-electron chi connectivity index (χ4n) is 2.09. The van der Waals surface area contributed by atoms with E-state index in [-0.39, 0.29) is 0 Å². The highest BCUT2D eigenvalue weighted by Gasteiger charge is 2.04. The quantitative estimate of drug-likeness (QED) is 0.514. The summed E-state index contributed by atoms with van der Waals surface area (Å²) in [5.74, 6) is 1.49. The van der Waals surface area contributed by atoms with E-state index >= 15 is 0 Å². The molecule has 0 aliphatic rings. The van der Waals surface area contributed by atoms with Crippen molar-refractivity contribution in [1.82, 2.24) is 0 Å². The molecule has 0 aliphatic heterocycles. The average Bonchev–Trinajstić information content (AvgIpc) is 2.47. The van der Waals surface area contributed by atoms with Gasteiger partial charge < -0.3 is 4.74 Å². The predicted molar refractivity (Wildman–Crippen MR) is 91.1 cm³/mol. The molecule has 0 N–H and O–H groups in total. The minimum absolute atomic E-state index is 0.658. The molecule has 0 aliphatic carbocycles. The third-order valence-electron chi connectivity index (χ3n) is 3.01. The Morgan fingerprint density at radius 3 is 2.29 bits per heavy atom. The van der Waals surface area contributed by atoms with E-state index in [1.807, 2.05) is 48.5 Å². The van der Waals surface area contributed by atoms with Gasteiger partial charge in [-0.2, -0.15) is 0 Å². The van der Waals surface area contributed by atoms with Crippen molar-refractivity contribution in [3.05, 3.63) is 82.3 Å². The Hall–Kier alpha value is -1.77. The number of halogens is 2. The van der Waals surface area contributed by atoms with Gasteiger partial charge in [-0.1, -0.05) is 63.9 Å². The number of benzene rings is 3. The maximum absolute atomic E-state index is 5.98. The van der Waals surface area contributed by atoms with Crippen molar-refractivity contribution < 1.29 is 4.74 Å². The Morgan fingerprint density at radius 1 is 0.714 bits per heavy atom. The van der Waals surface area contributed by atoms with Crippen LogP contribution in [-0.2, 0) is 0 Å². The van der Waals surface area contributed by atoms with E-state index in [4.69, 9.17) is 16.3 Å². The zero-order valence-corrected chi connectivity index (χ0v) is 13.4. The van der Waals surface area contributed by atoms with Crippen LogP contribution < -0.4 is 4.74 Å². The minimum Gasteiger partial charge on any atom is -0.457 e. The van der Waals surface area contributed by atoms with Crippen LogP contribution in [0.3, 0.4) is 0 Å². The first kappa shape index (κ1) is 14.2. The summed E-state index contributed by atoms with van der Waals surface area (Å²) in [6.45, 7) is 0. The molecule has 0 fully saturated rings. The first-order valence-electron chi connectivity index (χ1n) is 6.50. The normalized spacial score (nSPS) is 10.4. The third-order valence-corrected chi connectivity index (χ3v) is 3.70. The molecule has 3 rings (SSSR count). The Morgan fingerprint density at radius 2 is 1.52 bits per heavy atom. The first-order valence-corrected chi connectivity index (χ1v) is 7.67. The van der Waals surface area contributed by atoms with E-state index in [0.717, 1.165) is 27.1 Å². The van der Waals surface area contributed by atoms with Crippen LogP contribution in [0.4, 0.5) is 0 Å². The molecule has 0 spiro atoms. The van der Waals surface area contributed by atoms with E-state index in [0.29, 0.717) is 5.02 Å². The summed E-state index contributed by atoms with van der Waals surface area (Å²) in [5.41, 5.74) is 2.25. The molecule has 104 valence electrons. The summed E-state index contributed by atoms with van der Waals surface area (Å²) in [7, 11) is 0. The minimum atomic E-state index is 0.658. The molecule has 1 nitrogen and oxygen atoms in total. The lowest BCUT2D eigenvalue weighted by Gasteiger charge is -2.09. The molecule has 3 heteroatoms. The lowest BCUT2D eigenvalue weighted by atomic mass is 10.1. The molecular formula is C18H12BrClO. The topological polar surface area (TPSA) is 9.23 Å². The van der Waals surface area contributed by atoms with Crippen LogP contribution in [-0.4, -0.2) is 0 Å². The van der Waals surface area contributed by atoms with Crippen molar-refractivity contribution >= 4 is 27.5 Å². The molecule has 3 aromatic rings. The van der Waals surface area contributed by atoms with Gasteiger partial charge in [0, 0.05) is 9.50 Å². The summed E-state index contributed by atoms with van der Waals surface area (Å²) in [6, 6.07) is 23.6. The van der Waals surface area contributed by atoms with E-state index in [1.165, 1.54) is 0 Å². The number of rotatable bonds is 3. The maximum Gasteiger partial charge on any atom is 0.129 e. The number of hydrogen-bond donors (Lipinski definition) is 0. The third kappa shape index (κ3) is 3.66. The molecule has 0 saturated heterocycles. The largest absolute Gasteiger partial charge is 0.457 e. The van der Waals surface area contributed by atoms with Crippen molar-refractivity contribution in [2.24, 2.45) is 0 Å². The lowest BCUT2D eigenvalue weighted by Crippen LogP contribution is -1.86. The van der Waals surface area contributed by atoms with Crippen LogP contribution in [0, 0.1) is 0 Å². The Kier molecular flexibility index (Phi) is 4.28. The highest BCUT2D eigenvalue weighted by atomic mass is 79.9. The summed E-state index contributed by atoms with van der Waals surface area (Å²) >= 11 is 9.51. The lowest BCUT2D eigenvalue weighted by molar-refractivity contribution is 0.482. The van der Waals surface area contributed by atoms with E-state index in [9.17, 15) is 0 Å². The van der Waals surface area contributed by atoms with Gasteiger partial charge in [-0.15, -0.1) is 0 Å². The van der Waals surface area contributed by atoms with Crippen molar-refractivity contribution in [3.8, 4) is 22.6 Å². The smallest absolute Gasteiger partial charge is 0.129 e. The Balaban J connectivity index is 1.95. The van der Waals surface area contributed by atoms with Crippen LogP contribution in [0.5, 0.6) is 11.5 Å². The summed E-state index contributed by atoms with van der Waals surface area (Å²) in [6.07, 6.45) is 0. The van der Waals surface area contributed by atoms with Crippen molar-refractivity contribution in [3.63, 3.8) is 0 Å². The van der Waals surface area contributed by atoms with E-state index in [2.05, 4.69) is 34.1 Å². The molecule has 0 saturated carbocycles. The fraction of sp³-hybridized carbons (Fsp3) is 0. The molecule has 3 aromatic carbocycles. The molecule has 0 radical (unpaired) electrons. The molecule has 0 aromatic heterocycles. The van der Waals surface area contributed by atoms with Gasteiger partial charge in [-0.05, 0) is 47.5 Å². The molecule has 0 unspecified atom stereocenters. The number of ether oxygens (including phenoxy) is 1. The zero-order valence-electron chi connectivity index (χ0n) is 11.1. The van der Waals surface area contributed by atoms with Gasteiger partial charge in [0.05, 0.1) is 0 Å². The highest BCUT2D eigenvalue weighted by molar-refractivity contribution is 9.10. The summed E-state index contributed by atoms with van der Waals surface area (Å²) in [4.78, 5) is 0. The van der Waals surface area contributed by atoms with Crippen LogP contribution in [0.2, 0.25) is 5.02 Å². The van der Waals surface area contributed by atoms with Crippen LogP contribution in [0.1, 0.15) is 0 Å². The second-order valence-electron chi connectivity index (χ2n) is 4.60. The summed E-state index contributed by atoms with van der Waals surface area (Å²) in [5, 5.41) is 0.658. The van der Waals surface area contributed by atoms with Gasteiger partial charge in [0.25, 0.3) is 0 Å². The van der Waals surface area contributed by atoms with Gasteiger partial charge in [0.1, 0.15) is 11.5 Å². The molecule has 21 heavy (non-hydrogen) atoms. The molecule has 0 amide bonds. The number of hydrogen-bond acceptors (Lipinski definition) is 1. The first-order chi connectivity index (χ1) is 10.2. The van der Waals surface area contributed by atoms with Gasteiger partial charge in [-0.25, -0.2) is 0 Å². The molecule has 0 heterocycles. The van der Waals surface area contributed by atoms with Gasteiger partial charge in [0.15, 0.2) is 0 Å². The van der Waals surface area contributed by atoms with Crippen LogP contribution in [0.15, 0.2) is 77.3 Å². The van der Waals surface area contributed by atoms with E-state index < -0.39 is 0 Å². The fourth-order valence-corrected chi connectivity index (χ4v) is 2.74. The van der Waals surface area contributed by atoms with Crippen molar-refractivity contribution in [2.75, 3.05) is 0 Å². The SMILES string of the molecule is Clc1cccc(Oc2cc(Br)cc(-c3ccccc3)c2)c1. The summed E-state index contributed by atoms with van der Waals surface area (Å²) < 4.78 is 6.86. The van der Waals surface area contributed by atoms with Crippen LogP contribution >= 0.6 is 27.5 Å². The Labute approximate surface area is 137 Å². The van der Waals surface area contributed by atoms with Gasteiger partial charge in [0.2, 0.25) is 0 Å². The second-order valence-corrected chi connectivity index (χ2v) is 5.95. The standard InChI is InChI=1S/C18H12BrClO/c19-15-9-14(13-5-2-1-3-6-13)10-18(11-15)21-17-8-4-7-16(20)12-17/h1-12H. The average molecular weight is 360 g/mol. The van der Waals surface area contributed by atoms with Crippen LogP contribution in [0.25, 0.3) is 11.1 Å². The monoisotopic (exact) mass is 358 g/mol. The predicted octanol–water partition coefficient (Wildman–Crippen LogP) is 6.56. The molecule has 0 atom stereocenters. The molecular weight excluding hydrogens is 348 g/mol. The highest BCUT2D eigenvalue weighted by Crippen LogP contribution is 2.31. The Bertz CT molecular complexity index is 756. The van der Waals surface area contributed by atoms with Crippen molar-refractivity contribution in [2.45, 2.75) is 0 Å². The molecule has 0 bridgehead atoms. The zero-order chi connectivity index (χ0) is 14.7.